The number of hydrogen-bond donors (Lipinski definition) is 1. The van der Waals surface area contributed by atoms with E-state index in [0.29, 0.717) is 12.0 Å². The van der Waals surface area contributed by atoms with Gasteiger partial charge in [0.25, 0.3) is 0 Å². The van der Waals surface area contributed by atoms with E-state index in [9.17, 15) is 0 Å². The molecule has 2 rings (SSSR count). The summed E-state index contributed by atoms with van der Waals surface area (Å²) >= 11 is 0. The molecule has 2 heterocycles. The molecule has 0 bridgehead atoms. The summed E-state index contributed by atoms with van der Waals surface area (Å²) in [6.45, 7) is 9.70. The fraction of sp³-hybridized carbons (Fsp3) is 0.688. The number of nitrogens with zero attached hydrogens (tertiary/aromatic N) is 2. The van der Waals surface area contributed by atoms with Crippen molar-refractivity contribution in [3.8, 4) is 0 Å². The standard InChI is InChI=1S/C16H27N3/c1-4-14-10-13(12-17)11-15(18-14)19-8-6-16(3,5-2)7-9-19/h10-11H,4-9,12,17H2,1-3H3. The summed E-state index contributed by atoms with van der Waals surface area (Å²) in [5, 5.41) is 0. The zero-order valence-corrected chi connectivity index (χ0v) is 12.6. The van der Waals surface area contributed by atoms with Crippen LogP contribution in [0.3, 0.4) is 0 Å². The quantitative estimate of drug-likeness (QED) is 0.905. The molecule has 3 heteroatoms. The lowest BCUT2D eigenvalue weighted by atomic mass is 9.78. The lowest BCUT2D eigenvalue weighted by Crippen LogP contribution is -2.39. The smallest absolute Gasteiger partial charge is 0.129 e. The maximum atomic E-state index is 5.79. The van der Waals surface area contributed by atoms with Crippen molar-refractivity contribution in [2.24, 2.45) is 11.1 Å². The van der Waals surface area contributed by atoms with Gasteiger partial charge in [-0.1, -0.05) is 27.2 Å². The summed E-state index contributed by atoms with van der Waals surface area (Å²) in [7, 11) is 0. The molecular formula is C16H27N3. The van der Waals surface area contributed by atoms with Gasteiger partial charge in [0.1, 0.15) is 5.82 Å². The van der Waals surface area contributed by atoms with Crippen molar-refractivity contribution in [2.45, 2.75) is 53.0 Å². The number of anilines is 1. The van der Waals surface area contributed by atoms with Crippen LogP contribution in [-0.4, -0.2) is 18.1 Å². The first-order valence-corrected chi connectivity index (χ1v) is 7.55. The Hall–Kier alpha value is -1.09. The third kappa shape index (κ3) is 3.27. The number of aryl methyl sites for hydroxylation is 1. The topological polar surface area (TPSA) is 42.1 Å². The van der Waals surface area contributed by atoms with Crippen LogP contribution in [0.1, 0.15) is 51.3 Å². The van der Waals surface area contributed by atoms with Gasteiger partial charge in [-0.2, -0.15) is 0 Å². The highest BCUT2D eigenvalue weighted by Gasteiger charge is 2.28. The molecule has 0 aromatic carbocycles. The second-order valence-electron chi connectivity index (χ2n) is 6.03. The van der Waals surface area contributed by atoms with Crippen molar-refractivity contribution in [3.05, 3.63) is 23.4 Å². The van der Waals surface area contributed by atoms with Crippen molar-refractivity contribution in [3.63, 3.8) is 0 Å². The Morgan fingerprint density at radius 2 is 1.95 bits per heavy atom. The van der Waals surface area contributed by atoms with Gasteiger partial charge in [-0.05, 0) is 42.4 Å². The number of aromatic nitrogens is 1. The van der Waals surface area contributed by atoms with Crippen LogP contribution in [0.4, 0.5) is 5.82 Å². The number of pyridine rings is 1. The van der Waals surface area contributed by atoms with Crippen molar-refractivity contribution in [1.82, 2.24) is 4.98 Å². The highest BCUT2D eigenvalue weighted by atomic mass is 15.2. The van der Waals surface area contributed by atoms with E-state index in [1.807, 2.05) is 0 Å². The fourth-order valence-electron chi connectivity index (χ4n) is 2.72. The summed E-state index contributed by atoms with van der Waals surface area (Å²) < 4.78 is 0. The van der Waals surface area contributed by atoms with Gasteiger partial charge in [0, 0.05) is 25.3 Å². The average molecular weight is 261 g/mol. The Balaban J connectivity index is 2.14. The van der Waals surface area contributed by atoms with E-state index in [-0.39, 0.29) is 0 Å². The molecule has 0 spiro atoms. The molecule has 2 N–H and O–H groups in total. The molecule has 0 aliphatic carbocycles. The van der Waals surface area contributed by atoms with Gasteiger partial charge in [0.15, 0.2) is 0 Å². The molecule has 1 saturated heterocycles. The summed E-state index contributed by atoms with van der Waals surface area (Å²) in [5.74, 6) is 1.12. The van der Waals surface area contributed by atoms with Gasteiger partial charge in [-0.25, -0.2) is 4.98 Å². The van der Waals surface area contributed by atoms with E-state index in [0.717, 1.165) is 31.0 Å². The van der Waals surface area contributed by atoms with Gasteiger partial charge in [0.05, 0.1) is 0 Å². The van der Waals surface area contributed by atoms with Gasteiger partial charge >= 0.3 is 0 Å². The van der Waals surface area contributed by atoms with Crippen LogP contribution in [0.25, 0.3) is 0 Å². The van der Waals surface area contributed by atoms with Crippen LogP contribution in [0.15, 0.2) is 12.1 Å². The third-order valence-corrected chi connectivity index (χ3v) is 4.67. The van der Waals surface area contributed by atoms with E-state index in [4.69, 9.17) is 10.7 Å². The Kier molecular flexibility index (Phi) is 4.46. The molecule has 0 radical (unpaired) electrons. The number of hydrogen-bond acceptors (Lipinski definition) is 3. The third-order valence-electron chi connectivity index (χ3n) is 4.67. The predicted octanol–water partition coefficient (Wildman–Crippen LogP) is 3.12. The van der Waals surface area contributed by atoms with Crippen LogP contribution in [0, 0.1) is 5.41 Å². The molecule has 3 nitrogen and oxygen atoms in total. The molecule has 0 saturated carbocycles. The maximum Gasteiger partial charge on any atom is 0.129 e. The maximum absolute atomic E-state index is 5.79. The van der Waals surface area contributed by atoms with Crippen molar-refractivity contribution in [2.75, 3.05) is 18.0 Å². The molecule has 106 valence electrons. The molecule has 0 amide bonds. The Labute approximate surface area is 117 Å². The number of piperidine rings is 1. The van der Waals surface area contributed by atoms with E-state index in [1.165, 1.54) is 24.8 Å². The first-order chi connectivity index (χ1) is 9.10. The molecular weight excluding hydrogens is 234 g/mol. The van der Waals surface area contributed by atoms with Gasteiger partial charge in [-0.3, -0.25) is 0 Å². The Morgan fingerprint density at radius 3 is 2.47 bits per heavy atom. The first-order valence-electron chi connectivity index (χ1n) is 7.55. The van der Waals surface area contributed by atoms with Crippen LogP contribution >= 0.6 is 0 Å². The lowest BCUT2D eigenvalue weighted by Gasteiger charge is -2.39. The van der Waals surface area contributed by atoms with Crippen LogP contribution < -0.4 is 10.6 Å². The minimum atomic E-state index is 0.523. The average Bonchev–Trinajstić information content (AvgIpc) is 2.47. The van der Waals surface area contributed by atoms with Gasteiger partial charge < -0.3 is 10.6 Å². The fourth-order valence-corrected chi connectivity index (χ4v) is 2.72. The summed E-state index contributed by atoms with van der Waals surface area (Å²) in [4.78, 5) is 7.19. The summed E-state index contributed by atoms with van der Waals surface area (Å²) in [6, 6.07) is 4.29. The zero-order valence-electron chi connectivity index (χ0n) is 12.6. The lowest BCUT2D eigenvalue weighted by molar-refractivity contribution is 0.237. The highest BCUT2D eigenvalue weighted by Crippen LogP contribution is 2.35. The van der Waals surface area contributed by atoms with Gasteiger partial charge in [-0.15, -0.1) is 0 Å². The molecule has 0 atom stereocenters. The molecule has 1 aliphatic rings. The van der Waals surface area contributed by atoms with Crippen LogP contribution in [0.2, 0.25) is 0 Å². The van der Waals surface area contributed by atoms with Gasteiger partial charge in [0.2, 0.25) is 0 Å². The second kappa shape index (κ2) is 5.91. The van der Waals surface area contributed by atoms with E-state index in [1.54, 1.807) is 0 Å². The van der Waals surface area contributed by atoms with Crippen LogP contribution in [-0.2, 0) is 13.0 Å². The molecule has 19 heavy (non-hydrogen) atoms. The Bertz CT molecular complexity index is 398. The monoisotopic (exact) mass is 261 g/mol. The summed E-state index contributed by atoms with van der Waals surface area (Å²) in [5.41, 5.74) is 8.67. The predicted molar refractivity (Wildman–Crippen MR) is 81.4 cm³/mol. The SMILES string of the molecule is CCc1cc(CN)cc(N2CCC(C)(CC)CC2)n1. The number of rotatable bonds is 4. The molecule has 0 unspecified atom stereocenters. The van der Waals surface area contributed by atoms with Crippen molar-refractivity contribution >= 4 is 5.82 Å². The minimum Gasteiger partial charge on any atom is -0.357 e. The van der Waals surface area contributed by atoms with Crippen LogP contribution in [0.5, 0.6) is 0 Å². The molecule has 1 fully saturated rings. The van der Waals surface area contributed by atoms with Crippen molar-refractivity contribution in [1.29, 1.82) is 0 Å². The second-order valence-corrected chi connectivity index (χ2v) is 6.03. The van der Waals surface area contributed by atoms with E-state index >= 15 is 0 Å². The summed E-state index contributed by atoms with van der Waals surface area (Å²) in [6.07, 6.45) is 4.78. The number of nitrogens with two attached hydrogens (primary N) is 1. The van der Waals surface area contributed by atoms with E-state index < -0.39 is 0 Å². The molecule has 1 aromatic rings. The Morgan fingerprint density at radius 1 is 1.26 bits per heavy atom. The highest BCUT2D eigenvalue weighted by molar-refractivity contribution is 5.43. The normalized spacial score (nSPS) is 18.6. The van der Waals surface area contributed by atoms with E-state index in [2.05, 4.69) is 37.8 Å². The molecule has 1 aromatic heterocycles. The largest absolute Gasteiger partial charge is 0.357 e. The zero-order chi connectivity index (χ0) is 13.9. The molecule has 1 aliphatic heterocycles. The first kappa shape index (κ1) is 14.3. The van der Waals surface area contributed by atoms with Crippen molar-refractivity contribution < 1.29 is 0 Å². The minimum absolute atomic E-state index is 0.523.